The van der Waals surface area contributed by atoms with Gasteiger partial charge in [0, 0.05) is 29.5 Å². The van der Waals surface area contributed by atoms with Crippen LogP contribution in [0.15, 0.2) is 59.4 Å². The molecule has 6 rings (SSSR count). The molecule has 4 heterocycles. The number of aryl methyl sites for hydroxylation is 1. The highest BCUT2D eigenvalue weighted by Gasteiger charge is 2.34. The fourth-order valence-corrected chi connectivity index (χ4v) is 5.19. The highest BCUT2D eigenvalue weighted by molar-refractivity contribution is 5.90. The number of aliphatic hydroxyl groups excluding tert-OH is 1. The fourth-order valence-electron chi connectivity index (χ4n) is 5.19. The number of ether oxygens (including phenoxy) is 2. The minimum atomic E-state index is -1.52. The number of rotatable bonds is 6. The topological polar surface area (TPSA) is 120 Å². The van der Waals surface area contributed by atoms with E-state index in [2.05, 4.69) is 5.32 Å². The molecule has 2 aliphatic heterocycles. The van der Waals surface area contributed by atoms with E-state index in [1.165, 1.54) is 0 Å². The van der Waals surface area contributed by atoms with Gasteiger partial charge in [-0.15, -0.1) is 0 Å². The molecule has 0 spiro atoms. The molecule has 2 aromatic carbocycles. The van der Waals surface area contributed by atoms with Gasteiger partial charge in [0.25, 0.3) is 5.56 Å². The number of fused-ring (bicyclic) bond motifs is 5. The van der Waals surface area contributed by atoms with Crippen molar-refractivity contribution in [1.29, 1.82) is 0 Å². The molecule has 1 amide bonds. The molecule has 2 aliphatic rings. The second kappa shape index (κ2) is 9.42. The maximum absolute atomic E-state index is 13.4. The molecular formula is C29H25N3O6. The molecule has 2 N–H and O–H groups in total. The van der Waals surface area contributed by atoms with Crippen LogP contribution in [-0.2, 0) is 40.4 Å². The van der Waals surface area contributed by atoms with E-state index in [4.69, 9.17) is 14.5 Å². The quantitative estimate of drug-likeness (QED) is 0.337. The number of cyclic esters (lactones) is 1. The van der Waals surface area contributed by atoms with Crippen molar-refractivity contribution in [1.82, 2.24) is 14.9 Å². The fraction of sp³-hybridized carbons (Fsp3) is 0.241. The van der Waals surface area contributed by atoms with Gasteiger partial charge in [0.05, 0.1) is 36.1 Å². The zero-order valence-electron chi connectivity index (χ0n) is 20.7. The van der Waals surface area contributed by atoms with E-state index in [9.17, 15) is 19.5 Å². The van der Waals surface area contributed by atoms with Gasteiger partial charge in [-0.2, -0.15) is 0 Å². The summed E-state index contributed by atoms with van der Waals surface area (Å²) in [6.45, 7) is 0.308. The highest BCUT2D eigenvalue weighted by Crippen LogP contribution is 2.38. The van der Waals surface area contributed by atoms with Crippen LogP contribution in [0.4, 0.5) is 0 Å². The van der Waals surface area contributed by atoms with Crippen molar-refractivity contribution in [2.24, 2.45) is 0 Å². The summed E-state index contributed by atoms with van der Waals surface area (Å²) < 4.78 is 12.0. The Balaban J connectivity index is 1.39. The number of amides is 1. The van der Waals surface area contributed by atoms with Crippen LogP contribution in [0, 0.1) is 0 Å². The molecule has 1 atom stereocenters. The van der Waals surface area contributed by atoms with Gasteiger partial charge in [0.2, 0.25) is 5.91 Å². The predicted octanol–water partition coefficient (Wildman–Crippen LogP) is 2.77. The lowest BCUT2D eigenvalue weighted by molar-refractivity contribution is -0.157. The van der Waals surface area contributed by atoms with E-state index >= 15 is 0 Å². The van der Waals surface area contributed by atoms with Crippen molar-refractivity contribution < 1.29 is 24.2 Å². The number of nitrogens with one attached hydrogen (secondary N) is 1. The van der Waals surface area contributed by atoms with E-state index in [1.807, 2.05) is 42.5 Å². The molecule has 0 fully saturated rings. The molecular weight excluding hydrogens is 486 g/mol. The first-order valence-electron chi connectivity index (χ1n) is 12.4. The average Bonchev–Trinajstić information content (AvgIpc) is 3.31. The van der Waals surface area contributed by atoms with Crippen LogP contribution in [0.25, 0.3) is 22.3 Å². The van der Waals surface area contributed by atoms with Gasteiger partial charge in [-0.05, 0) is 41.8 Å². The SMILES string of the molecule is COc1ccc2nc3c(c(CNC(=O)CCc4ccccc4)c2c1)Cn1c-3cc2c(c1=O)COC(=O)[C@H]2O. The minimum absolute atomic E-state index is 0.0858. The van der Waals surface area contributed by atoms with Crippen LogP contribution in [-0.4, -0.2) is 33.6 Å². The molecule has 0 unspecified atom stereocenters. The van der Waals surface area contributed by atoms with Crippen molar-refractivity contribution in [3.05, 3.63) is 92.8 Å². The number of benzene rings is 2. The second-order valence-corrected chi connectivity index (χ2v) is 9.43. The van der Waals surface area contributed by atoms with Gasteiger partial charge >= 0.3 is 5.97 Å². The summed E-state index contributed by atoms with van der Waals surface area (Å²) >= 11 is 0. The first-order valence-corrected chi connectivity index (χ1v) is 12.4. The monoisotopic (exact) mass is 511 g/mol. The van der Waals surface area contributed by atoms with Gasteiger partial charge in [0.15, 0.2) is 6.10 Å². The lowest BCUT2D eigenvalue weighted by atomic mass is 9.98. The van der Waals surface area contributed by atoms with Gasteiger partial charge in [-0.3, -0.25) is 9.59 Å². The Morgan fingerprint density at radius 2 is 1.97 bits per heavy atom. The molecule has 4 aromatic rings. The van der Waals surface area contributed by atoms with E-state index in [0.29, 0.717) is 35.5 Å². The standard InChI is InChI=1S/C29H25N3O6/c1-37-17-8-9-23-18(11-17)20(13-30-25(33)10-7-16-5-3-2-4-6-16)21-14-32-24(26(21)31-23)12-19-22(28(32)35)15-38-29(36)27(19)34/h2-6,8-9,11-12,27,34H,7,10,13-15H2,1H3,(H,30,33)/t27-/m0/s1. The smallest absolute Gasteiger partial charge is 0.340 e. The van der Waals surface area contributed by atoms with Gasteiger partial charge < -0.3 is 24.5 Å². The van der Waals surface area contributed by atoms with Crippen LogP contribution in [0.2, 0.25) is 0 Å². The Morgan fingerprint density at radius 1 is 1.16 bits per heavy atom. The van der Waals surface area contributed by atoms with Gasteiger partial charge in [0.1, 0.15) is 12.4 Å². The van der Waals surface area contributed by atoms with E-state index in [0.717, 1.165) is 22.1 Å². The number of hydrogen-bond acceptors (Lipinski definition) is 7. The summed E-state index contributed by atoms with van der Waals surface area (Å²) in [5.41, 5.74) is 4.69. The minimum Gasteiger partial charge on any atom is -0.497 e. The molecule has 0 radical (unpaired) electrons. The Hall–Kier alpha value is -4.50. The lowest BCUT2D eigenvalue weighted by Crippen LogP contribution is -2.32. The van der Waals surface area contributed by atoms with Crippen molar-refractivity contribution in [3.63, 3.8) is 0 Å². The number of methoxy groups -OCH3 is 1. The molecule has 2 aromatic heterocycles. The lowest BCUT2D eigenvalue weighted by Gasteiger charge is -2.21. The van der Waals surface area contributed by atoms with E-state index in [1.54, 1.807) is 23.8 Å². The molecule has 0 aliphatic carbocycles. The molecule has 0 bridgehead atoms. The summed E-state index contributed by atoms with van der Waals surface area (Å²) in [6.07, 6.45) is -0.545. The first-order chi connectivity index (χ1) is 18.4. The number of carbonyl (C=O) groups excluding carboxylic acids is 2. The van der Waals surface area contributed by atoms with Crippen LogP contribution in [0.3, 0.4) is 0 Å². The highest BCUT2D eigenvalue weighted by atomic mass is 16.5. The molecule has 9 heteroatoms. The Kier molecular flexibility index (Phi) is 5.92. The Bertz CT molecular complexity index is 1660. The van der Waals surface area contributed by atoms with Crippen LogP contribution < -0.4 is 15.6 Å². The maximum atomic E-state index is 13.4. The summed E-state index contributed by atoms with van der Waals surface area (Å²) in [6, 6.07) is 17.0. The summed E-state index contributed by atoms with van der Waals surface area (Å²) in [5, 5.41) is 14.2. The average molecular weight is 512 g/mol. The third-order valence-corrected chi connectivity index (χ3v) is 7.23. The molecule has 0 saturated carbocycles. The van der Waals surface area contributed by atoms with Crippen molar-refractivity contribution in [3.8, 4) is 17.1 Å². The van der Waals surface area contributed by atoms with Crippen molar-refractivity contribution >= 4 is 22.8 Å². The number of carbonyl (C=O) groups is 2. The Morgan fingerprint density at radius 3 is 2.76 bits per heavy atom. The van der Waals surface area contributed by atoms with Crippen LogP contribution in [0.1, 0.15) is 40.3 Å². The Labute approximate surface area is 217 Å². The summed E-state index contributed by atoms with van der Waals surface area (Å²) in [4.78, 5) is 42.9. The predicted molar refractivity (Wildman–Crippen MR) is 138 cm³/mol. The third-order valence-electron chi connectivity index (χ3n) is 7.23. The van der Waals surface area contributed by atoms with Crippen LogP contribution in [0.5, 0.6) is 5.75 Å². The summed E-state index contributed by atoms with van der Waals surface area (Å²) in [7, 11) is 1.58. The number of hydrogen-bond donors (Lipinski definition) is 2. The number of aliphatic hydroxyl groups is 1. The van der Waals surface area contributed by atoms with Gasteiger partial charge in [-0.25, -0.2) is 9.78 Å². The molecule has 38 heavy (non-hydrogen) atoms. The normalized spacial score (nSPS) is 15.4. The molecule has 9 nitrogen and oxygen atoms in total. The zero-order chi connectivity index (χ0) is 26.4. The van der Waals surface area contributed by atoms with Crippen molar-refractivity contribution in [2.75, 3.05) is 7.11 Å². The van der Waals surface area contributed by atoms with Gasteiger partial charge in [-0.1, -0.05) is 30.3 Å². The first kappa shape index (κ1) is 23.9. The number of esters is 1. The zero-order valence-corrected chi connectivity index (χ0v) is 20.7. The second-order valence-electron chi connectivity index (χ2n) is 9.43. The van der Waals surface area contributed by atoms with Crippen LogP contribution >= 0.6 is 0 Å². The molecule has 0 saturated heterocycles. The third kappa shape index (κ3) is 4.01. The summed E-state index contributed by atoms with van der Waals surface area (Å²) in [5.74, 6) is -0.215. The largest absolute Gasteiger partial charge is 0.497 e. The van der Waals surface area contributed by atoms with Crippen molar-refractivity contribution in [2.45, 2.75) is 38.6 Å². The number of aromatic nitrogens is 2. The van der Waals surface area contributed by atoms with E-state index < -0.39 is 12.1 Å². The number of pyridine rings is 2. The number of nitrogens with zero attached hydrogens (tertiary/aromatic N) is 2. The van der Waals surface area contributed by atoms with E-state index in [-0.39, 0.29) is 42.3 Å². The maximum Gasteiger partial charge on any atom is 0.340 e. The molecule has 192 valence electrons.